The molecular weight excluding hydrogens is 246 g/mol. The van der Waals surface area contributed by atoms with Crippen LogP contribution >= 0.6 is 0 Å². The van der Waals surface area contributed by atoms with Crippen molar-refractivity contribution in [3.05, 3.63) is 17.5 Å². The first kappa shape index (κ1) is 12.3. The normalized spacial score (nSPS) is 31.9. The van der Waals surface area contributed by atoms with E-state index in [9.17, 15) is 4.79 Å². The minimum atomic E-state index is -1.00. The van der Waals surface area contributed by atoms with Crippen molar-refractivity contribution >= 4 is 11.9 Å². The first-order valence-electron chi connectivity index (χ1n) is 6.36. The smallest absolute Gasteiger partial charge is 0.339 e. The lowest BCUT2D eigenvalue weighted by Gasteiger charge is -2.42. The molecule has 1 aliphatic carbocycles. The average molecular weight is 263 g/mol. The highest BCUT2D eigenvalue weighted by Gasteiger charge is 2.59. The molecule has 0 aromatic carbocycles. The molecule has 0 radical (unpaired) electrons. The number of aryl methyl sites for hydroxylation is 1. The number of nitrogens with zero attached hydrogens (tertiary/aromatic N) is 2. The molecule has 2 bridgehead atoms. The fourth-order valence-electron chi connectivity index (χ4n) is 3.21. The number of aromatic carboxylic acids is 1. The molecule has 2 saturated heterocycles. The van der Waals surface area contributed by atoms with Crippen molar-refractivity contribution in [3.8, 4) is 0 Å². The van der Waals surface area contributed by atoms with E-state index in [-0.39, 0.29) is 11.2 Å². The minimum absolute atomic E-state index is 0.0719. The van der Waals surface area contributed by atoms with Gasteiger partial charge in [0.15, 0.2) is 0 Å². The van der Waals surface area contributed by atoms with Gasteiger partial charge in [-0.1, -0.05) is 6.92 Å². The number of nitrogens with one attached hydrogen (secondary N) is 1. The highest BCUT2D eigenvalue weighted by molar-refractivity contribution is 5.88. The molecule has 1 aromatic heterocycles. The Labute approximate surface area is 111 Å². The van der Waals surface area contributed by atoms with E-state index in [1.165, 1.54) is 6.20 Å². The lowest BCUT2D eigenvalue weighted by Crippen LogP contribution is -2.47. The second kappa shape index (κ2) is 3.90. The zero-order chi connectivity index (χ0) is 13.7. The maximum absolute atomic E-state index is 10.9. The second-order valence-corrected chi connectivity index (χ2v) is 5.99. The zero-order valence-electron chi connectivity index (χ0n) is 11.1. The predicted molar refractivity (Wildman–Crippen MR) is 68.2 cm³/mol. The Morgan fingerprint density at radius 1 is 1.58 bits per heavy atom. The Kier molecular flexibility index (Phi) is 2.53. The van der Waals surface area contributed by atoms with Crippen LogP contribution in [0.25, 0.3) is 0 Å². The van der Waals surface area contributed by atoms with Gasteiger partial charge < -0.3 is 15.2 Å². The van der Waals surface area contributed by atoms with Crippen LogP contribution in [0.15, 0.2) is 6.20 Å². The number of carbonyl (C=O) groups is 1. The summed E-state index contributed by atoms with van der Waals surface area (Å²) < 4.78 is 5.82. The zero-order valence-corrected chi connectivity index (χ0v) is 11.1. The SMILES string of the molecule is Cc1nc(NCC23CC(C)(CO2)C3)ncc1C(=O)O. The third kappa shape index (κ3) is 2.06. The van der Waals surface area contributed by atoms with Gasteiger partial charge in [-0.15, -0.1) is 0 Å². The van der Waals surface area contributed by atoms with Gasteiger partial charge in [-0.2, -0.15) is 0 Å². The van der Waals surface area contributed by atoms with Gasteiger partial charge in [0, 0.05) is 12.7 Å². The number of aromatic nitrogens is 2. The molecule has 6 nitrogen and oxygen atoms in total. The van der Waals surface area contributed by atoms with E-state index in [4.69, 9.17) is 9.84 Å². The monoisotopic (exact) mass is 263 g/mol. The predicted octanol–water partition coefficient (Wildman–Crippen LogP) is 1.46. The number of anilines is 1. The van der Waals surface area contributed by atoms with Crippen molar-refractivity contribution in [1.29, 1.82) is 0 Å². The summed E-state index contributed by atoms with van der Waals surface area (Å²) in [6, 6.07) is 0. The van der Waals surface area contributed by atoms with Gasteiger partial charge in [-0.05, 0) is 25.2 Å². The topological polar surface area (TPSA) is 84.3 Å². The van der Waals surface area contributed by atoms with Crippen molar-refractivity contribution in [2.75, 3.05) is 18.5 Å². The summed E-state index contributed by atoms with van der Waals surface area (Å²) in [5, 5.41) is 12.1. The van der Waals surface area contributed by atoms with E-state index in [0.717, 1.165) is 19.4 Å². The Morgan fingerprint density at radius 2 is 2.32 bits per heavy atom. The highest BCUT2D eigenvalue weighted by atomic mass is 16.5. The molecular formula is C13H17N3O3. The summed E-state index contributed by atoms with van der Waals surface area (Å²) in [7, 11) is 0. The van der Waals surface area contributed by atoms with Gasteiger partial charge in [0.1, 0.15) is 0 Å². The van der Waals surface area contributed by atoms with E-state index >= 15 is 0 Å². The van der Waals surface area contributed by atoms with Crippen LogP contribution in [0.3, 0.4) is 0 Å². The number of carboxylic acid groups (broad SMARTS) is 1. The van der Waals surface area contributed by atoms with Crippen molar-refractivity contribution in [2.24, 2.45) is 5.41 Å². The molecule has 19 heavy (non-hydrogen) atoms. The Bertz CT molecular complexity index is 538. The fraction of sp³-hybridized carbons (Fsp3) is 0.615. The van der Waals surface area contributed by atoms with Crippen LogP contribution < -0.4 is 5.32 Å². The van der Waals surface area contributed by atoms with Crippen molar-refractivity contribution in [2.45, 2.75) is 32.3 Å². The molecule has 0 amide bonds. The van der Waals surface area contributed by atoms with Crippen LogP contribution in [0.1, 0.15) is 35.8 Å². The Morgan fingerprint density at radius 3 is 2.84 bits per heavy atom. The van der Waals surface area contributed by atoms with Gasteiger partial charge >= 0.3 is 5.97 Å². The Balaban J connectivity index is 1.65. The number of carboxylic acids is 1. The third-order valence-corrected chi connectivity index (χ3v) is 4.00. The standard InChI is InChI=1S/C13H17N3O3/c1-8-9(10(17)18)3-14-11(16-8)15-6-13-4-12(2,5-13)7-19-13/h3H,4-7H2,1-2H3,(H,17,18)(H,14,15,16). The van der Waals surface area contributed by atoms with E-state index in [1.807, 2.05) is 0 Å². The molecule has 0 spiro atoms. The lowest BCUT2D eigenvalue weighted by molar-refractivity contribution is 0.00128. The second-order valence-electron chi connectivity index (χ2n) is 5.99. The summed E-state index contributed by atoms with van der Waals surface area (Å²) >= 11 is 0. The van der Waals surface area contributed by atoms with Crippen LogP contribution in [-0.4, -0.2) is 39.8 Å². The summed E-state index contributed by atoms with van der Waals surface area (Å²) in [4.78, 5) is 19.1. The van der Waals surface area contributed by atoms with Gasteiger partial charge in [0.25, 0.3) is 0 Å². The van der Waals surface area contributed by atoms with Gasteiger partial charge in [0.2, 0.25) is 5.95 Å². The molecule has 0 unspecified atom stereocenters. The largest absolute Gasteiger partial charge is 0.478 e. The first-order chi connectivity index (χ1) is 8.91. The van der Waals surface area contributed by atoms with E-state index in [1.54, 1.807) is 6.92 Å². The number of ether oxygens (including phenoxy) is 1. The van der Waals surface area contributed by atoms with Crippen LogP contribution in [0.4, 0.5) is 5.95 Å². The van der Waals surface area contributed by atoms with Crippen LogP contribution in [-0.2, 0) is 4.74 Å². The molecule has 1 saturated carbocycles. The molecule has 102 valence electrons. The average Bonchev–Trinajstić information content (AvgIpc) is 2.79. The highest BCUT2D eigenvalue weighted by Crippen LogP contribution is 2.57. The van der Waals surface area contributed by atoms with Gasteiger partial charge in [-0.25, -0.2) is 14.8 Å². The summed E-state index contributed by atoms with van der Waals surface area (Å²) in [5.74, 6) is -0.544. The van der Waals surface area contributed by atoms with Crippen LogP contribution in [0, 0.1) is 12.3 Å². The third-order valence-electron chi connectivity index (χ3n) is 4.00. The molecule has 3 aliphatic rings. The van der Waals surface area contributed by atoms with E-state index in [2.05, 4.69) is 22.2 Å². The number of hydrogen-bond donors (Lipinski definition) is 2. The maximum Gasteiger partial charge on any atom is 0.339 e. The van der Waals surface area contributed by atoms with Gasteiger partial charge in [0.05, 0.1) is 23.5 Å². The molecule has 6 heteroatoms. The van der Waals surface area contributed by atoms with Crippen molar-refractivity contribution < 1.29 is 14.6 Å². The van der Waals surface area contributed by atoms with E-state index in [0.29, 0.717) is 23.6 Å². The molecule has 3 fully saturated rings. The van der Waals surface area contributed by atoms with E-state index < -0.39 is 5.97 Å². The summed E-state index contributed by atoms with van der Waals surface area (Å²) in [5.41, 5.74) is 0.883. The molecule has 3 heterocycles. The maximum atomic E-state index is 10.9. The quantitative estimate of drug-likeness (QED) is 0.855. The number of rotatable bonds is 4. The molecule has 0 atom stereocenters. The first-order valence-corrected chi connectivity index (χ1v) is 6.36. The minimum Gasteiger partial charge on any atom is -0.478 e. The van der Waals surface area contributed by atoms with Gasteiger partial charge in [-0.3, -0.25) is 0 Å². The van der Waals surface area contributed by atoms with Crippen molar-refractivity contribution in [1.82, 2.24) is 9.97 Å². The lowest BCUT2D eigenvalue weighted by atomic mass is 9.64. The molecule has 1 aromatic rings. The molecule has 4 rings (SSSR count). The Hall–Kier alpha value is -1.69. The van der Waals surface area contributed by atoms with Crippen LogP contribution in [0.2, 0.25) is 0 Å². The summed E-state index contributed by atoms with van der Waals surface area (Å²) in [6.45, 7) is 5.41. The van der Waals surface area contributed by atoms with Crippen molar-refractivity contribution in [3.63, 3.8) is 0 Å². The summed E-state index contributed by atoms with van der Waals surface area (Å²) in [6.07, 6.45) is 3.48. The van der Waals surface area contributed by atoms with Crippen LogP contribution in [0.5, 0.6) is 0 Å². The molecule has 2 N–H and O–H groups in total. The fourth-order valence-corrected chi connectivity index (χ4v) is 3.21. The number of fused-ring (bicyclic) bond motifs is 1. The number of hydrogen-bond acceptors (Lipinski definition) is 5. The molecule has 2 aliphatic heterocycles.